The van der Waals surface area contributed by atoms with Crippen LogP contribution in [0.2, 0.25) is 0 Å². The monoisotopic (exact) mass is 383 g/mol. The molecule has 1 aromatic carbocycles. The van der Waals surface area contributed by atoms with Gasteiger partial charge >= 0.3 is 0 Å². The van der Waals surface area contributed by atoms with E-state index in [0.29, 0.717) is 30.3 Å². The topological polar surface area (TPSA) is 75.4 Å². The number of likely N-dealkylation sites (tertiary alicyclic amines) is 1. The van der Waals surface area contributed by atoms with Gasteiger partial charge in [0.05, 0.1) is 10.8 Å². The first-order valence-electron chi connectivity index (χ1n) is 9.15. The molecule has 0 bridgehead atoms. The summed E-state index contributed by atoms with van der Waals surface area (Å²) in [5.74, 6) is 0.763. The van der Waals surface area contributed by atoms with E-state index in [1.54, 1.807) is 6.07 Å². The minimum atomic E-state index is -0.124. The smallest absolute Gasteiger partial charge is 0.261 e. The standard InChI is InChI=1S/C20H21N3O3S/c24-18(9-10-21-19(25)17-8-4-12-27-17)23-11-3-5-14(13-23)20-22-15-6-1-2-7-16(15)26-20/h1-2,4,6-8,12,14H,3,5,9-11,13H2,(H,21,25)/t14-/m1/s1. The summed E-state index contributed by atoms with van der Waals surface area (Å²) < 4.78 is 5.88. The van der Waals surface area contributed by atoms with Gasteiger partial charge in [0.2, 0.25) is 5.91 Å². The molecule has 27 heavy (non-hydrogen) atoms. The van der Waals surface area contributed by atoms with Crippen LogP contribution in [0, 0.1) is 0 Å². The van der Waals surface area contributed by atoms with Gasteiger partial charge in [-0.05, 0) is 36.4 Å². The van der Waals surface area contributed by atoms with Crippen LogP contribution < -0.4 is 5.32 Å². The molecule has 1 aliphatic heterocycles. The van der Waals surface area contributed by atoms with Crippen molar-refractivity contribution in [1.29, 1.82) is 0 Å². The van der Waals surface area contributed by atoms with E-state index >= 15 is 0 Å². The summed E-state index contributed by atoms with van der Waals surface area (Å²) in [6, 6.07) is 11.3. The molecular weight excluding hydrogens is 362 g/mol. The summed E-state index contributed by atoms with van der Waals surface area (Å²) >= 11 is 1.39. The molecule has 7 heteroatoms. The molecule has 1 fully saturated rings. The number of amides is 2. The van der Waals surface area contributed by atoms with E-state index in [4.69, 9.17) is 4.42 Å². The Morgan fingerprint density at radius 1 is 1.26 bits per heavy atom. The molecule has 3 heterocycles. The SMILES string of the molecule is O=C(NCCC(=O)N1CCC[C@@H](c2nc3ccccc3o2)C1)c1cccs1. The lowest BCUT2D eigenvalue weighted by atomic mass is 9.97. The zero-order valence-corrected chi connectivity index (χ0v) is 15.7. The van der Waals surface area contributed by atoms with Crippen LogP contribution in [-0.2, 0) is 4.79 Å². The van der Waals surface area contributed by atoms with Crippen LogP contribution in [0.5, 0.6) is 0 Å². The van der Waals surface area contributed by atoms with Crippen molar-refractivity contribution in [2.45, 2.75) is 25.2 Å². The number of aromatic nitrogens is 1. The number of nitrogens with one attached hydrogen (secondary N) is 1. The van der Waals surface area contributed by atoms with E-state index in [2.05, 4.69) is 10.3 Å². The van der Waals surface area contributed by atoms with Crippen molar-refractivity contribution >= 4 is 34.3 Å². The third-order valence-electron chi connectivity index (χ3n) is 4.80. The summed E-state index contributed by atoms with van der Waals surface area (Å²) in [6.07, 6.45) is 2.19. The number of hydrogen-bond donors (Lipinski definition) is 1. The van der Waals surface area contributed by atoms with Crippen LogP contribution >= 0.6 is 11.3 Å². The third-order valence-corrected chi connectivity index (χ3v) is 5.67. The molecule has 1 aliphatic rings. The van der Waals surface area contributed by atoms with Gasteiger partial charge in [0.15, 0.2) is 11.5 Å². The van der Waals surface area contributed by atoms with E-state index in [-0.39, 0.29) is 17.7 Å². The first-order chi connectivity index (χ1) is 13.2. The van der Waals surface area contributed by atoms with Crippen molar-refractivity contribution in [1.82, 2.24) is 15.2 Å². The molecule has 3 aromatic rings. The lowest BCUT2D eigenvalue weighted by molar-refractivity contribution is -0.132. The van der Waals surface area contributed by atoms with Crippen molar-refractivity contribution in [3.8, 4) is 0 Å². The van der Waals surface area contributed by atoms with Gasteiger partial charge in [0, 0.05) is 26.1 Å². The van der Waals surface area contributed by atoms with E-state index in [1.807, 2.05) is 40.6 Å². The molecule has 6 nitrogen and oxygen atoms in total. The van der Waals surface area contributed by atoms with Gasteiger partial charge in [0.1, 0.15) is 5.52 Å². The Hall–Kier alpha value is -2.67. The highest BCUT2D eigenvalue weighted by atomic mass is 32.1. The summed E-state index contributed by atoms with van der Waals surface area (Å²) in [6.45, 7) is 1.71. The second-order valence-electron chi connectivity index (χ2n) is 6.68. The Kier molecular flexibility index (Phi) is 5.20. The van der Waals surface area contributed by atoms with Crippen molar-refractivity contribution < 1.29 is 14.0 Å². The predicted molar refractivity (Wildman–Crippen MR) is 104 cm³/mol. The number of para-hydroxylation sites is 2. The Morgan fingerprint density at radius 2 is 2.15 bits per heavy atom. The fourth-order valence-electron chi connectivity index (χ4n) is 3.41. The maximum Gasteiger partial charge on any atom is 0.261 e. The lowest BCUT2D eigenvalue weighted by Gasteiger charge is -2.31. The van der Waals surface area contributed by atoms with Crippen molar-refractivity contribution in [2.75, 3.05) is 19.6 Å². The summed E-state index contributed by atoms with van der Waals surface area (Å²) in [7, 11) is 0. The second-order valence-corrected chi connectivity index (χ2v) is 7.63. The zero-order valence-electron chi connectivity index (χ0n) is 14.9. The number of oxazole rings is 1. The number of nitrogens with zero attached hydrogens (tertiary/aromatic N) is 2. The largest absolute Gasteiger partial charge is 0.440 e. The van der Waals surface area contributed by atoms with Gasteiger partial charge in [-0.3, -0.25) is 9.59 Å². The quantitative estimate of drug-likeness (QED) is 0.733. The van der Waals surface area contributed by atoms with Crippen molar-refractivity contribution in [2.24, 2.45) is 0 Å². The number of fused-ring (bicyclic) bond motifs is 1. The highest BCUT2D eigenvalue weighted by Crippen LogP contribution is 2.29. The molecule has 4 rings (SSSR count). The molecule has 0 radical (unpaired) electrons. The Morgan fingerprint density at radius 3 is 2.96 bits per heavy atom. The Bertz CT molecular complexity index is 902. The highest BCUT2D eigenvalue weighted by Gasteiger charge is 2.27. The van der Waals surface area contributed by atoms with E-state index < -0.39 is 0 Å². The molecule has 0 spiro atoms. The average molecular weight is 383 g/mol. The van der Waals surface area contributed by atoms with Gasteiger partial charge in [-0.15, -0.1) is 11.3 Å². The van der Waals surface area contributed by atoms with Crippen LogP contribution in [-0.4, -0.2) is 41.3 Å². The fraction of sp³-hybridized carbons (Fsp3) is 0.350. The van der Waals surface area contributed by atoms with E-state index in [1.165, 1.54) is 11.3 Å². The molecule has 140 valence electrons. The molecule has 2 aromatic heterocycles. The Labute approximate surface area is 161 Å². The van der Waals surface area contributed by atoms with Crippen LogP contribution in [0.1, 0.15) is 40.7 Å². The zero-order chi connectivity index (χ0) is 18.6. The number of rotatable bonds is 5. The second kappa shape index (κ2) is 7.92. The van der Waals surface area contributed by atoms with Crippen molar-refractivity contribution in [3.05, 3.63) is 52.5 Å². The molecule has 1 N–H and O–H groups in total. The van der Waals surface area contributed by atoms with Gasteiger partial charge in [-0.2, -0.15) is 0 Å². The number of benzene rings is 1. The van der Waals surface area contributed by atoms with Gasteiger partial charge in [0.25, 0.3) is 5.91 Å². The molecule has 0 aliphatic carbocycles. The molecule has 0 unspecified atom stereocenters. The molecule has 0 saturated carbocycles. The van der Waals surface area contributed by atoms with E-state index in [0.717, 1.165) is 30.5 Å². The van der Waals surface area contributed by atoms with Crippen LogP contribution in [0.3, 0.4) is 0 Å². The van der Waals surface area contributed by atoms with Crippen LogP contribution in [0.25, 0.3) is 11.1 Å². The molecular formula is C20H21N3O3S. The number of hydrogen-bond acceptors (Lipinski definition) is 5. The molecule has 1 atom stereocenters. The van der Waals surface area contributed by atoms with E-state index in [9.17, 15) is 9.59 Å². The number of thiophene rings is 1. The maximum absolute atomic E-state index is 12.5. The molecule has 2 amide bonds. The highest BCUT2D eigenvalue weighted by molar-refractivity contribution is 7.12. The number of carbonyl (C=O) groups is 2. The van der Waals surface area contributed by atoms with Crippen LogP contribution in [0.4, 0.5) is 0 Å². The first-order valence-corrected chi connectivity index (χ1v) is 10.0. The average Bonchev–Trinajstić information content (AvgIpc) is 3.37. The number of piperidine rings is 1. The van der Waals surface area contributed by atoms with Gasteiger partial charge in [-0.1, -0.05) is 18.2 Å². The third kappa shape index (κ3) is 4.03. The first kappa shape index (κ1) is 17.7. The Balaban J connectivity index is 1.32. The summed E-state index contributed by atoms with van der Waals surface area (Å²) in [5.41, 5.74) is 1.64. The molecule has 1 saturated heterocycles. The summed E-state index contributed by atoms with van der Waals surface area (Å²) in [4.78, 5) is 31.6. The van der Waals surface area contributed by atoms with Gasteiger partial charge in [-0.25, -0.2) is 4.98 Å². The fourth-order valence-corrected chi connectivity index (χ4v) is 4.05. The van der Waals surface area contributed by atoms with Gasteiger partial charge < -0.3 is 14.6 Å². The summed E-state index contributed by atoms with van der Waals surface area (Å²) in [5, 5.41) is 4.67. The van der Waals surface area contributed by atoms with Crippen LogP contribution in [0.15, 0.2) is 46.2 Å². The lowest BCUT2D eigenvalue weighted by Crippen LogP contribution is -2.40. The van der Waals surface area contributed by atoms with Crippen molar-refractivity contribution in [3.63, 3.8) is 0 Å². The number of carbonyl (C=O) groups excluding carboxylic acids is 2. The maximum atomic E-state index is 12.5. The predicted octanol–water partition coefficient (Wildman–Crippen LogP) is 3.42. The minimum Gasteiger partial charge on any atom is -0.440 e. The minimum absolute atomic E-state index is 0.0577. The normalized spacial score (nSPS) is 17.2.